The van der Waals surface area contributed by atoms with Crippen LogP contribution >= 0.6 is 34.8 Å². The minimum atomic E-state index is -0.239. The Morgan fingerprint density at radius 2 is 1.75 bits per heavy atom. The van der Waals surface area contributed by atoms with Crippen LogP contribution in [0.25, 0.3) is 11.8 Å². The molecule has 0 N–H and O–H groups in total. The van der Waals surface area contributed by atoms with Crippen LogP contribution < -0.4 is 0 Å². The summed E-state index contributed by atoms with van der Waals surface area (Å²) in [5.41, 5.74) is 2.20. The number of benzene rings is 2. The predicted octanol–water partition coefficient (Wildman–Crippen LogP) is 5.73. The average molecular weight is 378 g/mol. The molecule has 0 aliphatic rings. The van der Waals surface area contributed by atoms with Gasteiger partial charge in [0.05, 0.1) is 21.4 Å². The molecule has 3 rings (SSSR count). The Kier molecular flexibility index (Phi) is 5.05. The second-order valence-corrected chi connectivity index (χ2v) is 6.15. The molecule has 1 heterocycles. The Labute approximate surface area is 154 Å². The van der Waals surface area contributed by atoms with E-state index in [9.17, 15) is 4.79 Å². The monoisotopic (exact) mass is 376 g/mol. The molecular formula is C18H11Cl3N2O. The van der Waals surface area contributed by atoms with Gasteiger partial charge in [-0.25, -0.2) is 4.98 Å². The van der Waals surface area contributed by atoms with Crippen LogP contribution in [0, 0.1) is 0 Å². The Morgan fingerprint density at radius 3 is 2.42 bits per heavy atom. The number of nitrogens with zero attached hydrogens (tertiary/aromatic N) is 2. The van der Waals surface area contributed by atoms with Crippen molar-refractivity contribution in [3.63, 3.8) is 0 Å². The highest BCUT2D eigenvalue weighted by molar-refractivity contribution is 6.49. The van der Waals surface area contributed by atoms with Gasteiger partial charge in [0, 0.05) is 23.6 Å². The van der Waals surface area contributed by atoms with Crippen molar-refractivity contribution >= 4 is 46.7 Å². The summed E-state index contributed by atoms with van der Waals surface area (Å²) in [5, 5.41) is 0.661. The van der Waals surface area contributed by atoms with Crippen molar-refractivity contribution in [3.05, 3.63) is 87.4 Å². The van der Waals surface area contributed by atoms with Crippen molar-refractivity contribution < 1.29 is 4.79 Å². The molecule has 0 amide bonds. The summed E-state index contributed by atoms with van der Waals surface area (Å²) in [6.07, 6.45) is 8.48. The van der Waals surface area contributed by atoms with E-state index < -0.39 is 0 Å². The van der Waals surface area contributed by atoms with E-state index >= 15 is 0 Å². The zero-order chi connectivity index (χ0) is 17.1. The molecule has 0 spiro atoms. The van der Waals surface area contributed by atoms with Crippen LogP contribution in [-0.4, -0.2) is 15.3 Å². The first-order chi connectivity index (χ1) is 11.6. The molecule has 24 heavy (non-hydrogen) atoms. The lowest BCUT2D eigenvalue weighted by Gasteiger charge is -2.04. The Balaban J connectivity index is 1.78. The summed E-state index contributed by atoms with van der Waals surface area (Å²) < 4.78 is 1.90. The summed E-state index contributed by atoms with van der Waals surface area (Å²) in [5.74, 6) is -0.239. The predicted molar refractivity (Wildman–Crippen MR) is 98.4 cm³/mol. The second kappa shape index (κ2) is 7.22. The molecule has 6 heteroatoms. The van der Waals surface area contributed by atoms with Gasteiger partial charge in [0.2, 0.25) is 0 Å². The number of imidazole rings is 1. The minimum absolute atomic E-state index is 0.161. The van der Waals surface area contributed by atoms with E-state index in [1.807, 2.05) is 35.0 Å². The van der Waals surface area contributed by atoms with Gasteiger partial charge in [-0.05, 0) is 35.9 Å². The first-order valence-corrected chi connectivity index (χ1v) is 8.14. The number of rotatable bonds is 4. The largest absolute Gasteiger partial charge is 0.306 e. The lowest BCUT2D eigenvalue weighted by molar-refractivity contribution is 0.104. The maximum Gasteiger partial charge on any atom is 0.187 e. The van der Waals surface area contributed by atoms with Gasteiger partial charge in [-0.1, -0.05) is 53.0 Å². The van der Waals surface area contributed by atoms with Crippen LogP contribution in [0.3, 0.4) is 0 Å². The van der Waals surface area contributed by atoms with Crippen molar-refractivity contribution in [3.8, 4) is 5.69 Å². The maximum atomic E-state index is 12.3. The van der Waals surface area contributed by atoms with E-state index in [2.05, 4.69) is 4.98 Å². The highest BCUT2D eigenvalue weighted by atomic mass is 35.5. The molecule has 0 saturated heterocycles. The van der Waals surface area contributed by atoms with Crippen molar-refractivity contribution in [1.82, 2.24) is 9.55 Å². The number of hydrogen-bond donors (Lipinski definition) is 0. The molecule has 0 radical (unpaired) electrons. The zero-order valence-corrected chi connectivity index (χ0v) is 14.6. The van der Waals surface area contributed by atoms with Crippen LogP contribution in [0.4, 0.5) is 0 Å². The molecule has 1 aromatic heterocycles. The van der Waals surface area contributed by atoms with Crippen LogP contribution in [0.15, 0.2) is 61.2 Å². The minimum Gasteiger partial charge on any atom is -0.306 e. The second-order valence-electron chi connectivity index (χ2n) is 4.98. The standard InChI is InChI=1S/C18H11Cl3N2O/c19-15-7-6-14(17(20)18(15)21)16(24)8-3-12-1-4-13(5-2-12)23-10-9-22-11-23/h1-11H. The van der Waals surface area contributed by atoms with E-state index in [1.165, 1.54) is 6.08 Å². The fourth-order valence-electron chi connectivity index (χ4n) is 2.15. The first-order valence-electron chi connectivity index (χ1n) is 7.00. The normalized spacial score (nSPS) is 11.1. The lowest BCUT2D eigenvalue weighted by atomic mass is 10.1. The summed E-state index contributed by atoms with van der Waals surface area (Å²) in [6, 6.07) is 10.8. The highest BCUT2D eigenvalue weighted by Crippen LogP contribution is 2.33. The van der Waals surface area contributed by atoms with Crippen LogP contribution in [0.2, 0.25) is 15.1 Å². The van der Waals surface area contributed by atoms with E-state index in [0.29, 0.717) is 10.6 Å². The molecule has 0 aliphatic heterocycles. The van der Waals surface area contributed by atoms with Gasteiger partial charge in [0.15, 0.2) is 5.78 Å². The molecule has 0 fully saturated rings. The van der Waals surface area contributed by atoms with Crippen LogP contribution in [-0.2, 0) is 0 Å². The zero-order valence-electron chi connectivity index (χ0n) is 12.3. The molecule has 3 nitrogen and oxygen atoms in total. The molecule has 2 aromatic carbocycles. The van der Waals surface area contributed by atoms with Gasteiger partial charge in [-0.2, -0.15) is 0 Å². The molecule has 0 saturated carbocycles. The molecule has 120 valence electrons. The number of aromatic nitrogens is 2. The molecular weight excluding hydrogens is 367 g/mol. The SMILES string of the molecule is O=C(C=Cc1ccc(-n2ccnc2)cc1)c1ccc(Cl)c(Cl)c1Cl. The molecule has 0 aliphatic carbocycles. The topological polar surface area (TPSA) is 34.9 Å². The molecule has 0 atom stereocenters. The van der Waals surface area contributed by atoms with Gasteiger partial charge >= 0.3 is 0 Å². The Bertz CT molecular complexity index is 901. The average Bonchev–Trinajstić information content (AvgIpc) is 3.13. The molecule has 0 bridgehead atoms. The van der Waals surface area contributed by atoms with Gasteiger partial charge in [-0.15, -0.1) is 0 Å². The third-order valence-corrected chi connectivity index (χ3v) is 4.72. The van der Waals surface area contributed by atoms with Crippen LogP contribution in [0.1, 0.15) is 15.9 Å². The van der Waals surface area contributed by atoms with Crippen molar-refractivity contribution in [2.75, 3.05) is 0 Å². The fraction of sp³-hybridized carbons (Fsp3) is 0. The number of carbonyl (C=O) groups excluding carboxylic acids is 1. The smallest absolute Gasteiger partial charge is 0.187 e. The third-order valence-electron chi connectivity index (χ3n) is 3.42. The van der Waals surface area contributed by atoms with E-state index in [0.717, 1.165) is 11.3 Å². The molecule has 3 aromatic rings. The first kappa shape index (κ1) is 16.8. The summed E-state index contributed by atoms with van der Waals surface area (Å²) in [4.78, 5) is 16.3. The summed E-state index contributed by atoms with van der Waals surface area (Å²) >= 11 is 17.9. The van der Waals surface area contributed by atoms with E-state index in [4.69, 9.17) is 34.8 Å². The lowest BCUT2D eigenvalue weighted by Crippen LogP contribution is -1.96. The summed E-state index contributed by atoms with van der Waals surface area (Å²) in [7, 11) is 0. The Morgan fingerprint density at radius 1 is 1.00 bits per heavy atom. The number of halogens is 3. The Hall–Kier alpha value is -2.07. The molecule has 0 unspecified atom stereocenters. The van der Waals surface area contributed by atoms with E-state index in [1.54, 1.807) is 30.7 Å². The van der Waals surface area contributed by atoms with Crippen molar-refractivity contribution in [1.29, 1.82) is 0 Å². The van der Waals surface area contributed by atoms with Gasteiger partial charge in [0.25, 0.3) is 0 Å². The van der Waals surface area contributed by atoms with Gasteiger partial charge in [0.1, 0.15) is 0 Å². The van der Waals surface area contributed by atoms with Crippen LogP contribution in [0.5, 0.6) is 0 Å². The van der Waals surface area contributed by atoms with E-state index in [-0.39, 0.29) is 15.8 Å². The number of ketones is 1. The van der Waals surface area contributed by atoms with Crippen molar-refractivity contribution in [2.24, 2.45) is 0 Å². The maximum absolute atomic E-state index is 12.3. The third kappa shape index (κ3) is 3.54. The number of hydrogen-bond acceptors (Lipinski definition) is 2. The number of carbonyl (C=O) groups is 1. The summed E-state index contributed by atoms with van der Waals surface area (Å²) in [6.45, 7) is 0. The van der Waals surface area contributed by atoms with Crippen molar-refractivity contribution in [2.45, 2.75) is 0 Å². The van der Waals surface area contributed by atoms with Gasteiger partial charge < -0.3 is 4.57 Å². The quantitative estimate of drug-likeness (QED) is 0.331. The van der Waals surface area contributed by atoms with Gasteiger partial charge in [-0.3, -0.25) is 4.79 Å². The highest BCUT2D eigenvalue weighted by Gasteiger charge is 2.13. The number of allylic oxidation sites excluding steroid dienone is 1. The fourth-order valence-corrected chi connectivity index (χ4v) is 2.78.